The van der Waals surface area contributed by atoms with Crippen LogP contribution in [0.4, 0.5) is 0 Å². The highest BCUT2D eigenvalue weighted by molar-refractivity contribution is 14.1. The van der Waals surface area contributed by atoms with Crippen molar-refractivity contribution < 1.29 is 13.9 Å². The second kappa shape index (κ2) is 5.96. The van der Waals surface area contributed by atoms with E-state index < -0.39 is 5.97 Å². The summed E-state index contributed by atoms with van der Waals surface area (Å²) < 4.78 is 11.4. The molecule has 0 unspecified atom stereocenters. The first kappa shape index (κ1) is 16.0. The molecular formula is C18H16INO3. The summed E-state index contributed by atoms with van der Waals surface area (Å²) >= 11 is 2.07. The van der Waals surface area contributed by atoms with Crippen LogP contribution in [0.3, 0.4) is 0 Å². The first-order valence-corrected chi connectivity index (χ1v) is 8.29. The molecule has 3 rings (SSSR count). The highest BCUT2D eigenvalue weighted by Gasteiger charge is 2.25. The average molecular weight is 421 g/mol. The van der Waals surface area contributed by atoms with E-state index in [1.165, 1.54) is 5.56 Å². The minimum absolute atomic E-state index is 0.0776. The Morgan fingerprint density at radius 2 is 1.78 bits per heavy atom. The fourth-order valence-electron chi connectivity index (χ4n) is 2.19. The van der Waals surface area contributed by atoms with E-state index in [9.17, 15) is 4.79 Å². The Morgan fingerprint density at radius 3 is 2.35 bits per heavy atom. The van der Waals surface area contributed by atoms with Crippen molar-refractivity contribution in [3.8, 4) is 0 Å². The molecule has 0 saturated heterocycles. The third kappa shape index (κ3) is 3.55. The van der Waals surface area contributed by atoms with Crippen LogP contribution in [-0.2, 0) is 14.9 Å². The number of esters is 1. The van der Waals surface area contributed by atoms with Gasteiger partial charge < -0.3 is 9.15 Å². The number of benzene rings is 1. The molecule has 1 aliphatic heterocycles. The molecule has 5 heteroatoms. The SMILES string of the molecule is CC(C)(C)c1ccc(C2=NC(=Cc3ccc(I)o3)C(=O)O2)cc1. The van der Waals surface area contributed by atoms with Gasteiger partial charge in [0.2, 0.25) is 5.90 Å². The molecule has 2 heterocycles. The molecule has 0 fully saturated rings. The second-order valence-electron chi connectivity index (χ2n) is 6.31. The molecule has 0 atom stereocenters. The van der Waals surface area contributed by atoms with Gasteiger partial charge in [-0.25, -0.2) is 9.79 Å². The van der Waals surface area contributed by atoms with Gasteiger partial charge in [0.05, 0.1) is 0 Å². The van der Waals surface area contributed by atoms with E-state index in [-0.39, 0.29) is 11.1 Å². The lowest BCUT2D eigenvalue weighted by atomic mass is 9.87. The van der Waals surface area contributed by atoms with Crippen molar-refractivity contribution in [1.29, 1.82) is 0 Å². The molecule has 0 amide bonds. The lowest BCUT2D eigenvalue weighted by Gasteiger charge is -2.18. The van der Waals surface area contributed by atoms with Crippen LogP contribution in [0.5, 0.6) is 0 Å². The Kier molecular flexibility index (Phi) is 4.14. The Morgan fingerprint density at radius 1 is 1.09 bits per heavy atom. The predicted molar refractivity (Wildman–Crippen MR) is 97.2 cm³/mol. The third-order valence-corrected chi connectivity index (χ3v) is 4.07. The summed E-state index contributed by atoms with van der Waals surface area (Å²) in [5.74, 6) is 0.434. The normalized spacial score (nSPS) is 16.6. The highest BCUT2D eigenvalue weighted by Crippen LogP contribution is 2.24. The number of cyclic esters (lactones) is 1. The van der Waals surface area contributed by atoms with Crippen LogP contribution >= 0.6 is 22.6 Å². The zero-order valence-electron chi connectivity index (χ0n) is 13.1. The number of furan rings is 1. The molecule has 0 N–H and O–H groups in total. The first-order chi connectivity index (χ1) is 10.8. The summed E-state index contributed by atoms with van der Waals surface area (Å²) in [4.78, 5) is 16.2. The summed E-state index contributed by atoms with van der Waals surface area (Å²) in [6, 6.07) is 11.5. The smallest absolute Gasteiger partial charge is 0.363 e. The Hall–Kier alpha value is -1.89. The standard InChI is InChI=1S/C18H16INO3/c1-18(2,3)12-6-4-11(5-7-12)16-20-14(17(21)23-16)10-13-8-9-15(19)22-13/h4-10H,1-3H3. The third-order valence-electron chi connectivity index (χ3n) is 3.49. The lowest BCUT2D eigenvalue weighted by molar-refractivity contribution is -0.129. The molecule has 118 valence electrons. The van der Waals surface area contributed by atoms with E-state index >= 15 is 0 Å². The molecule has 23 heavy (non-hydrogen) atoms. The maximum absolute atomic E-state index is 11.9. The summed E-state index contributed by atoms with van der Waals surface area (Å²) in [5, 5.41) is 0. The molecule has 2 aromatic rings. The van der Waals surface area contributed by atoms with E-state index in [1.807, 2.05) is 30.3 Å². The Labute approximate surface area is 148 Å². The number of aliphatic imine (C=N–C) groups is 1. The van der Waals surface area contributed by atoms with Gasteiger partial charge in [-0.1, -0.05) is 32.9 Å². The van der Waals surface area contributed by atoms with E-state index in [0.29, 0.717) is 11.7 Å². The average Bonchev–Trinajstić information content (AvgIpc) is 3.05. The molecule has 0 saturated carbocycles. The number of halogens is 1. The van der Waals surface area contributed by atoms with Gasteiger partial charge in [-0.15, -0.1) is 0 Å². The number of hydrogen-bond acceptors (Lipinski definition) is 4. The molecule has 0 radical (unpaired) electrons. The van der Waals surface area contributed by atoms with E-state index in [2.05, 4.69) is 48.4 Å². The van der Waals surface area contributed by atoms with Crippen molar-refractivity contribution in [2.45, 2.75) is 26.2 Å². The second-order valence-corrected chi connectivity index (χ2v) is 7.37. The zero-order chi connectivity index (χ0) is 16.6. The van der Waals surface area contributed by atoms with Gasteiger partial charge in [0.15, 0.2) is 9.46 Å². The number of carbonyl (C=O) groups is 1. The van der Waals surface area contributed by atoms with Crippen molar-refractivity contribution in [3.05, 3.63) is 62.7 Å². The molecular weight excluding hydrogens is 405 g/mol. The van der Waals surface area contributed by atoms with Crippen LogP contribution in [0.2, 0.25) is 0 Å². The number of rotatable bonds is 2. The number of hydrogen-bond donors (Lipinski definition) is 0. The van der Waals surface area contributed by atoms with Gasteiger partial charge in [0.25, 0.3) is 0 Å². The lowest BCUT2D eigenvalue weighted by Crippen LogP contribution is -2.11. The number of ether oxygens (including phenoxy) is 1. The van der Waals surface area contributed by atoms with Crippen LogP contribution in [0.25, 0.3) is 6.08 Å². The van der Waals surface area contributed by atoms with Crippen LogP contribution in [-0.4, -0.2) is 11.9 Å². The van der Waals surface area contributed by atoms with Gasteiger partial charge in [0.1, 0.15) is 5.76 Å². The van der Waals surface area contributed by atoms with E-state index in [4.69, 9.17) is 9.15 Å². The first-order valence-electron chi connectivity index (χ1n) is 7.22. The Bertz CT molecular complexity index is 808. The summed E-state index contributed by atoms with van der Waals surface area (Å²) in [7, 11) is 0. The largest absolute Gasteiger partial charge is 0.451 e. The quantitative estimate of drug-likeness (QED) is 0.407. The van der Waals surface area contributed by atoms with Crippen molar-refractivity contribution in [3.63, 3.8) is 0 Å². The maximum Gasteiger partial charge on any atom is 0.363 e. The van der Waals surface area contributed by atoms with Gasteiger partial charge >= 0.3 is 5.97 Å². The predicted octanol–water partition coefficient (Wildman–Crippen LogP) is 4.53. The topological polar surface area (TPSA) is 51.8 Å². The van der Waals surface area contributed by atoms with Crippen LogP contribution in [0.1, 0.15) is 37.7 Å². The van der Waals surface area contributed by atoms with Crippen LogP contribution in [0.15, 0.2) is 51.5 Å². The minimum Gasteiger partial charge on any atom is -0.451 e. The molecule has 1 aromatic carbocycles. The fourth-order valence-corrected chi connectivity index (χ4v) is 2.62. The van der Waals surface area contributed by atoms with Gasteiger partial charge in [0, 0.05) is 11.6 Å². The molecule has 1 aliphatic rings. The van der Waals surface area contributed by atoms with Crippen LogP contribution in [0, 0.1) is 3.77 Å². The maximum atomic E-state index is 11.9. The number of nitrogens with zero attached hydrogens (tertiary/aromatic N) is 1. The molecule has 0 aliphatic carbocycles. The van der Waals surface area contributed by atoms with Crippen molar-refractivity contribution in [2.75, 3.05) is 0 Å². The molecule has 4 nitrogen and oxygen atoms in total. The van der Waals surface area contributed by atoms with E-state index in [1.54, 1.807) is 12.1 Å². The number of carbonyl (C=O) groups excluding carboxylic acids is 1. The molecule has 1 aromatic heterocycles. The van der Waals surface area contributed by atoms with Gasteiger partial charge in [-0.05, 0) is 57.8 Å². The van der Waals surface area contributed by atoms with Crippen LogP contribution < -0.4 is 0 Å². The van der Waals surface area contributed by atoms with E-state index in [0.717, 1.165) is 9.33 Å². The Balaban J connectivity index is 1.88. The van der Waals surface area contributed by atoms with Gasteiger partial charge in [-0.3, -0.25) is 0 Å². The highest BCUT2D eigenvalue weighted by atomic mass is 127. The minimum atomic E-state index is -0.466. The molecule has 0 bridgehead atoms. The summed E-state index contributed by atoms with van der Waals surface area (Å²) in [5.41, 5.74) is 2.32. The van der Waals surface area contributed by atoms with Crippen molar-refractivity contribution in [1.82, 2.24) is 0 Å². The molecule has 0 spiro atoms. The monoisotopic (exact) mass is 421 g/mol. The van der Waals surface area contributed by atoms with Crippen molar-refractivity contribution in [2.24, 2.45) is 4.99 Å². The van der Waals surface area contributed by atoms with Crippen molar-refractivity contribution >= 4 is 40.5 Å². The summed E-state index contributed by atoms with van der Waals surface area (Å²) in [6.45, 7) is 6.46. The van der Waals surface area contributed by atoms with Gasteiger partial charge in [-0.2, -0.15) is 0 Å². The summed E-state index contributed by atoms with van der Waals surface area (Å²) in [6.07, 6.45) is 1.58. The fraction of sp³-hybridized carbons (Fsp3) is 0.222. The zero-order valence-corrected chi connectivity index (χ0v) is 15.2.